The summed E-state index contributed by atoms with van der Waals surface area (Å²) in [5.41, 5.74) is -1.07. The molecule has 1 amide bonds. The fraction of sp³-hybridized carbons (Fsp3) is 0.0588. The van der Waals surface area contributed by atoms with Crippen molar-refractivity contribution >= 4 is 34.8 Å². The highest BCUT2D eigenvalue weighted by Crippen LogP contribution is 2.32. The molecule has 2 rings (SSSR count). The third-order valence-electron chi connectivity index (χ3n) is 3.08. The van der Waals surface area contributed by atoms with Crippen LogP contribution >= 0.6 is 23.2 Å². The smallest absolute Gasteiger partial charge is 0.270 e. The molecule has 0 saturated carbocycles. The number of hydrogen-bond acceptors (Lipinski definition) is 4. The standard InChI is InChI=1S/C17H10Cl2F2N2O3/c18-11-2-1-3-12(19)16(11)26-8-15(24)10(7-22)17(25)23-14-5-4-9(20)6-13(14)21/h1-6,24H,8H2,(H,23,25). The second-order valence-electron chi connectivity index (χ2n) is 4.85. The molecule has 0 aliphatic rings. The zero-order chi connectivity index (χ0) is 19.3. The lowest BCUT2D eigenvalue weighted by molar-refractivity contribution is -0.112. The van der Waals surface area contributed by atoms with E-state index in [-0.39, 0.29) is 21.5 Å². The van der Waals surface area contributed by atoms with Crippen molar-refractivity contribution in [2.24, 2.45) is 0 Å². The number of nitriles is 1. The number of para-hydroxylation sites is 1. The third kappa shape index (κ3) is 4.63. The highest BCUT2D eigenvalue weighted by atomic mass is 35.5. The van der Waals surface area contributed by atoms with Crippen molar-refractivity contribution < 1.29 is 23.4 Å². The molecule has 134 valence electrons. The molecule has 2 aromatic carbocycles. The summed E-state index contributed by atoms with van der Waals surface area (Å²) >= 11 is 11.8. The highest BCUT2D eigenvalue weighted by Gasteiger charge is 2.18. The zero-order valence-corrected chi connectivity index (χ0v) is 14.4. The Morgan fingerprint density at radius 1 is 1.23 bits per heavy atom. The number of anilines is 1. The number of nitrogens with one attached hydrogen (secondary N) is 1. The first kappa shape index (κ1) is 19.5. The molecule has 9 heteroatoms. The Morgan fingerprint density at radius 2 is 1.88 bits per heavy atom. The van der Waals surface area contributed by atoms with Gasteiger partial charge in [-0.3, -0.25) is 4.79 Å². The Bertz CT molecular complexity index is 906. The van der Waals surface area contributed by atoms with Crippen LogP contribution in [0, 0.1) is 23.0 Å². The maximum absolute atomic E-state index is 13.6. The number of carbonyl (C=O) groups excluding carboxylic acids is 1. The molecule has 0 aromatic heterocycles. The SMILES string of the molecule is N#CC(C(=O)Nc1ccc(F)cc1F)=C(O)COc1c(Cl)cccc1Cl. The van der Waals surface area contributed by atoms with Crippen LogP contribution < -0.4 is 10.1 Å². The first-order valence-corrected chi connectivity index (χ1v) is 7.74. The van der Waals surface area contributed by atoms with Crippen molar-refractivity contribution in [1.29, 1.82) is 5.26 Å². The number of carbonyl (C=O) groups is 1. The van der Waals surface area contributed by atoms with Crippen molar-refractivity contribution in [3.8, 4) is 11.8 Å². The van der Waals surface area contributed by atoms with Crippen LogP contribution in [0.3, 0.4) is 0 Å². The number of hydrogen-bond donors (Lipinski definition) is 2. The number of aliphatic hydroxyl groups excluding tert-OH is 1. The molecule has 2 N–H and O–H groups in total. The normalized spacial score (nSPS) is 11.3. The van der Waals surface area contributed by atoms with Crippen LogP contribution in [0.25, 0.3) is 0 Å². The molecule has 0 fully saturated rings. The quantitative estimate of drug-likeness (QED) is 0.437. The van der Waals surface area contributed by atoms with Crippen molar-refractivity contribution in [2.45, 2.75) is 0 Å². The number of benzene rings is 2. The summed E-state index contributed by atoms with van der Waals surface area (Å²) in [6.07, 6.45) is 0. The molecular weight excluding hydrogens is 389 g/mol. The van der Waals surface area contributed by atoms with Gasteiger partial charge in [-0.25, -0.2) is 8.78 Å². The summed E-state index contributed by atoms with van der Waals surface area (Å²) in [7, 11) is 0. The van der Waals surface area contributed by atoms with Crippen molar-refractivity contribution in [1.82, 2.24) is 0 Å². The van der Waals surface area contributed by atoms with E-state index in [4.69, 9.17) is 33.2 Å². The molecule has 0 aliphatic heterocycles. The maximum Gasteiger partial charge on any atom is 0.270 e. The number of ether oxygens (including phenoxy) is 1. The average Bonchev–Trinajstić information content (AvgIpc) is 2.57. The van der Waals surface area contributed by atoms with E-state index in [1.807, 2.05) is 0 Å². The number of amides is 1. The second kappa shape index (κ2) is 8.52. The summed E-state index contributed by atoms with van der Waals surface area (Å²) in [5, 5.41) is 21.4. The number of nitrogens with zero attached hydrogens (tertiary/aromatic N) is 1. The number of halogens is 4. The van der Waals surface area contributed by atoms with Gasteiger partial charge < -0.3 is 15.2 Å². The minimum atomic E-state index is -1.09. The van der Waals surface area contributed by atoms with Gasteiger partial charge in [-0.2, -0.15) is 5.26 Å². The molecule has 0 saturated heterocycles. The monoisotopic (exact) mass is 398 g/mol. The van der Waals surface area contributed by atoms with Crippen LogP contribution in [0.2, 0.25) is 10.0 Å². The maximum atomic E-state index is 13.6. The second-order valence-corrected chi connectivity index (χ2v) is 5.67. The minimum Gasteiger partial charge on any atom is -0.507 e. The Morgan fingerprint density at radius 3 is 2.46 bits per heavy atom. The van der Waals surface area contributed by atoms with E-state index < -0.39 is 35.5 Å². The molecule has 26 heavy (non-hydrogen) atoms. The molecule has 0 radical (unpaired) electrons. The average molecular weight is 399 g/mol. The Kier molecular flexibility index (Phi) is 6.39. The summed E-state index contributed by atoms with van der Waals surface area (Å²) in [6.45, 7) is -0.578. The van der Waals surface area contributed by atoms with Gasteiger partial charge in [0.25, 0.3) is 5.91 Å². The molecule has 2 aromatic rings. The van der Waals surface area contributed by atoms with Gasteiger partial charge in [-0.1, -0.05) is 29.3 Å². The summed E-state index contributed by atoms with van der Waals surface area (Å²) in [6, 6.07) is 8.54. The van der Waals surface area contributed by atoms with Gasteiger partial charge in [0.2, 0.25) is 0 Å². The van der Waals surface area contributed by atoms with Gasteiger partial charge in [0.1, 0.15) is 24.3 Å². The zero-order valence-electron chi connectivity index (χ0n) is 12.9. The van der Waals surface area contributed by atoms with Gasteiger partial charge in [0.15, 0.2) is 17.1 Å². The van der Waals surface area contributed by atoms with Gasteiger partial charge >= 0.3 is 0 Å². The lowest BCUT2D eigenvalue weighted by atomic mass is 10.2. The molecule has 0 spiro atoms. The van der Waals surface area contributed by atoms with E-state index in [9.17, 15) is 18.7 Å². The van der Waals surface area contributed by atoms with Crippen molar-refractivity contribution in [2.75, 3.05) is 11.9 Å². The van der Waals surface area contributed by atoms with Crippen LogP contribution in [-0.2, 0) is 4.79 Å². The van der Waals surface area contributed by atoms with E-state index in [0.29, 0.717) is 6.07 Å². The van der Waals surface area contributed by atoms with E-state index in [1.54, 1.807) is 6.07 Å². The summed E-state index contributed by atoms with van der Waals surface area (Å²) in [5.74, 6) is -3.61. The van der Waals surface area contributed by atoms with E-state index in [1.165, 1.54) is 18.2 Å². The third-order valence-corrected chi connectivity index (χ3v) is 3.67. The topological polar surface area (TPSA) is 82.4 Å². The summed E-state index contributed by atoms with van der Waals surface area (Å²) in [4.78, 5) is 12.0. The fourth-order valence-corrected chi connectivity index (χ4v) is 2.36. The van der Waals surface area contributed by atoms with E-state index in [0.717, 1.165) is 12.1 Å². The molecule has 0 atom stereocenters. The Labute approximate surface area is 157 Å². The van der Waals surface area contributed by atoms with Crippen molar-refractivity contribution in [3.05, 3.63) is 69.4 Å². The molecule has 0 aliphatic carbocycles. The first-order chi connectivity index (χ1) is 12.3. The summed E-state index contributed by atoms with van der Waals surface area (Å²) < 4.78 is 31.7. The number of aliphatic hydroxyl groups is 1. The number of rotatable bonds is 5. The highest BCUT2D eigenvalue weighted by molar-refractivity contribution is 6.37. The molecule has 0 bridgehead atoms. The largest absolute Gasteiger partial charge is 0.507 e. The van der Waals surface area contributed by atoms with Gasteiger partial charge in [0, 0.05) is 6.07 Å². The Hall–Kier alpha value is -2.82. The first-order valence-electron chi connectivity index (χ1n) is 6.99. The van der Waals surface area contributed by atoms with Crippen molar-refractivity contribution in [3.63, 3.8) is 0 Å². The lowest BCUT2D eigenvalue weighted by Crippen LogP contribution is -2.18. The predicted octanol–water partition coefficient (Wildman–Crippen LogP) is 4.62. The van der Waals surface area contributed by atoms with Crippen LogP contribution in [0.4, 0.5) is 14.5 Å². The van der Waals surface area contributed by atoms with E-state index in [2.05, 4.69) is 5.32 Å². The lowest BCUT2D eigenvalue weighted by Gasteiger charge is -2.11. The van der Waals surface area contributed by atoms with Gasteiger partial charge in [-0.15, -0.1) is 0 Å². The molecule has 5 nitrogen and oxygen atoms in total. The van der Waals surface area contributed by atoms with Gasteiger partial charge in [-0.05, 0) is 24.3 Å². The van der Waals surface area contributed by atoms with Gasteiger partial charge in [0.05, 0.1) is 15.7 Å². The fourth-order valence-electron chi connectivity index (χ4n) is 1.86. The van der Waals surface area contributed by atoms with Crippen LogP contribution in [0.15, 0.2) is 47.7 Å². The minimum absolute atomic E-state index is 0.0599. The Balaban J connectivity index is 2.16. The van der Waals surface area contributed by atoms with Crippen LogP contribution in [0.1, 0.15) is 0 Å². The van der Waals surface area contributed by atoms with E-state index >= 15 is 0 Å². The van der Waals surface area contributed by atoms with Crippen LogP contribution in [-0.4, -0.2) is 17.6 Å². The predicted molar refractivity (Wildman–Crippen MR) is 92.2 cm³/mol. The molecule has 0 heterocycles. The molecule has 0 unspecified atom stereocenters. The van der Waals surface area contributed by atoms with Crippen LogP contribution in [0.5, 0.6) is 5.75 Å². The molecular formula is C17H10Cl2F2N2O3.